The van der Waals surface area contributed by atoms with Gasteiger partial charge in [-0.05, 0) is 26.2 Å². The van der Waals surface area contributed by atoms with Crippen LogP contribution in [0.4, 0.5) is 0 Å². The molecule has 0 aliphatic heterocycles. The maximum absolute atomic E-state index is 3.75. The molecule has 0 aliphatic rings. The zero-order valence-corrected chi connectivity index (χ0v) is 7.48. The highest BCUT2D eigenvalue weighted by Gasteiger charge is 2.02. The van der Waals surface area contributed by atoms with Gasteiger partial charge in [0, 0.05) is 0 Å². The Labute approximate surface area is 65.3 Å². The smallest absolute Gasteiger partial charge is 0.0295 e. The molecule has 0 aromatic rings. The van der Waals surface area contributed by atoms with Crippen LogP contribution in [0.1, 0.15) is 40.0 Å². The maximum atomic E-state index is 3.75. The third-order valence-electron chi connectivity index (χ3n) is 2.11. The van der Waals surface area contributed by atoms with Crippen LogP contribution in [0.5, 0.6) is 0 Å². The molecule has 0 heterocycles. The van der Waals surface area contributed by atoms with Gasteiger partial charge in [-0.1, -0.05) is 38.3 Å². The van der Waals surface area contributed by atoms with Crippen LogP contribution >= 0.6 is 0 Å². The van der Waals surface area contributed by atoms with E-state index in [9.17, 15) is 0 Å². The van der Waals surface area contributed by atoms with Crippen molar-refractivity contribution in [2.24, 2.45) is 5.92 Å². The number of allylic oxidation sites excluding steroid dienone is 2. The monoisotopic (exact) mass is 139 g/mol. The minimum atomic E-state index is 0.873. The average Bonchev–Trinajstić information content (AvgIpc) is 1.99. The third-order valence-corrected chi connectivity index (χ3v) is 2.11. The Morgan fingerprint density at radius 1 is 1.40 bits per heavy atom. The predicted octanol–water partition coefficient (Wildman–Crippen LogP) is 3.59. The topological polar surface area (TPSA) is 0 Å². The van der Waals surface area contributed by atoms with Gasteiger partial charge >= 0.3 is 0 Å². The maximum Gasteiger partial charge on any atom is -0.0295 e. The molecule has 10 heavy (non-hydrogen) atoms. The number of rotatable bonds is 4. The van der Waals surface area contributed by atoms with Gasteiger partial charge in [-0.25, -0.2) is 0 Å². The molecule has 0 saturated carbocycles. The molecule has 0 rings (SSSR count). The molecule has 0 N–H and O–H groups in total. The lowest BCUT2D eigenvalue weighted by Crippen LogP contribution is -1.96. The molecular weight excluding hydrogens is 120 g/mol. The molecule has 0 bridgehead atoms. The summed E-state index contributed by atoms with van der Waals surface area (Å²) in [5, 5.41) is 0. The highest BCUT2D eigenvalue weighted by molar-refractivity contribution is 5.00. The Morgan fingerprint density at radius 3 is 2.20 bits per heavy atom. The first kappa shape index (κ1) is 9.74. The van der Waals surface area contributed by atoms with E-state index in [1.807, 2.05) is 6.08 Å². The predicted molar refractivity (Wildman–Crippen MR) is 47.8 cm³/mol. The van der Waals surface area contributed by atoms with Crippen LogP contribution in [0, 0.1) is 12.8 Å². The van der Waals surface area contributed by atoms with Gasteiger partial charge in [-0.3, -0.25) is 0 Å². The summed E-state index contributed by atoms with van der Waals surface area (Å²) in [6, 6.07) is 0. The molecule has 0 fully saturated rings. The van der Waals surface area contributed by atoms with Gasteiger partial charge < -0.3 is 0 Å². The van der Waals surface area contributed by atoms with Crippen molar-refractivity contribution in [3.8, 4) is 0 Å². The second kappa shape index (κ2) is 5.52. The van der Waals surface area contributed by atoms with Crippen LogP contribution in [-0.2, 0) is 0 Å². The van der Waals surface area contributed by atoms with Crippen molar-refractivity contribution in [2.45, 2.75) is 40.0 Å². The van der Waals surface area contributed by atoms with Crippen molar-refractivity contribution < 1.29 is 0 Å². The minimum absolute atomic E-state index is 0.873. The van der Waals surface area contributed by atoms with Gasteiger partial charge in [0.2, 0.25) is 0 Å². The molecule has 1 radical (unpaired) electrons. The third kappa shape index (κ3) is 3.71. The fourth-order valence-corrected chi connectivity index (χ4v) is 1.12. The summed E-state index contributed by atoms with van der Waals surface area (Å²) in [5.74, 6) is 0.873. The van der Waals surface area contributed by atoms with Crippen molar-refractivity contribution in [1.29, 1.82) is 0 Å². The molecule has 0 nitrogen and oxygen atoms in total. The summed E-state index contributed by atoms with van der Waals surface area (Å²) in [6.45, 7) is 10.4. The first-order valence-corrected chi connectivity index (χ1v) is 4.19. The number of hydrogen-bond acceptors (Lipinski definition) is 0. The molecule has 0 spiro atoms. The van der Waals surface area contributed by atoms with E-state index in [1.54, 1.807) is 0 Å². The normalized spacial score (nSPS) is 12.7. The van der Waals surface area contributed by atoms with Crippen LogP contribution < -0.4 is 0 Å². The second-order valence-corrected chi connectivity index (χ2v) is 2.94. The van der Waals surface area contributed by atoms with E-state index in [2.05, 4.69) is 27.7 Å². The van der Waals surface area contributed by atoms with E-state index >= 15 is 0 Å². The lowest BCUT2D eigenvalue weighted by atomic mass is 9.95. The summed E-state index contributed by atoms with van der Waals surface area (Å²) < 4.78 is 0. The van der Waals surface area contributed by atoms with Crippen molar-refractivity contribution in [3.05, 3.63) is 18.6 Å². The minimum Gasteiger partial charge on any atom is -0.0853 e. The molecule has 0 heteroatoms. The van der Waals surface area contributed by atoms with E-state index in [1.165, 1.54) is 24.8 Å². The molecular formula is C10H19. The van der Waals surface area contributed by atoms with Crippen LogP contribution in [0.3, 0.4) is 0 Å². The van der Waals surface area contributed by atoms with Crippen LogP contribution in [0.2, 0.25) is 0 Å². The van der Waals surface area contributed by atoms with Crippen LogP contribution in [0.25, 0.3) is 0 Å². The summed E-state index contributed by atoms with van der Waals surface area (Å²) in [4.78, 5) is 0. The summed E-state index contributed by atoms with van der Waals surface area (Å²) in [7, 11) is 0. The average molecular weight is 139 g/mol. The van der Waals surface area contributed by atoms with Crippen molar-refractivity contribution >= 4 is 0 Å². The van der Waals surface area contributed by atoms with Gasteiger partial charge in [-0.2, -0.15) is 0 Å². The summed E-state index contributed by atoms with van der Waals surface area (Å²) in [5.41, 5.74) is 1.42. The SMILES string of the molecule is [CH2]C=C(C)CC(CC)CC. The highest BCUT2D eigenvalue weighted by atomic mass is 14.1. The van der Waals surface area contributed by atoms with E-state index in [0.717, 1.165) is 5.92 Å². The van der Waals surface area contributed by atoms with Gasteiger partial charge in [-0.15, -0.1) is 0 Å². The van der Waals surface area contributed by atoms with Gasteiger partial charge in [0.25, 0.3) is 0 Å². The molecule has 59 valence electrons. The molecule has 0 atom stereocenters. The molecule has 0 amide bonds. The standard InChI is InChI=1S/C10H19/c1-5-9(4)8-10(6-2)7-3/h5,10H,1,6-8H2,2-4H3. The Balaban J connectivity index is 3.63. The zero-order valence-electron chi connectivity index (χ0n) is 7.48. The summed E-state index contributed by atoms with van der Waals surface area (Å²) >= 11 is 0. The first-order chi connectivity index (χ1) is 4.74. The van der Waals surface area contributed by atoms with Crippen molar-refractivity contribution in [1.82, 2.24) is 0 Å². The fraction of sp³-hybridized carbons (Fsp3) is 0.700. The quantitative estimate of drug-likeness (QED) is 0.558. The van der Waals surface area contributed by atoms with Gasteiger partial charge in [0.05, 0.1) is 0 Å². The van der Waals surface area contributed by atoms with Crippen LogP contribution in [0.15, 0.2) is 11.6 Å². The Hall–Kier alpha value is -0.260. The summed E-state index contributed by atoms with van der Waals surface area (Å²) in [6.07, 6.45) is 5.79. The molecule has 0 aromatic heterocycles. The molecule has 0 aliphatic carbocycles. The Morgan fingerprint density at radius 2 is 1.90 bits per heavy atom. The lowest BCUT2D eigenvalue weighted by Gasteiger charge is -2.11. The van der Waals surface area contributed by atoms with Crippen LogP contribution in [-0.4, -0.2) is 0 Å². The van der Waals surface area contributed by atoms with Gasteiger partial charge in [0.15, 0.2) is 0 Å². The van der Waals surface area contributed by atoms with E-state index in [4.69, 9.17) is 0 Å². The van der Waals surface area contributed by atoms with Gasteiger partial charge in [0.1, 0.15) is 0 Å². The first-order valence-electron chi connectivity index (χ1n) is 4.19. The zero-order chi connectivity index (χ0) is 7.98. The molecule has 0 aromatic carbocycles. The highest BCUT2D eigenvalue weighted by Crippen LogP contribution is 2.17. The van der Waals surface area contributed by atoms with E-state index in [-0.39, 0.29) is 0 Å². The van der Waals surface area contributed by atoms with E-state index in [0.29, 0.717) is 0 Å². The Kier molecular flexibility index (Phi) is 5.38. The fourth-order valence-electron chi connectivity index (χ4n) is 1.12. The molecule has 0 saturated heterocycles. The molecule has 0 unspecified atom stereocenters. The van der Waals surface area contributed by atoms with Crippen molar-refractivity contribution in [2.75, 3.05) is 0 Å². The Bertz CT molecular complexity index is 96.6. The van der Waals surface area contributed by atoms with E-state index < -0.39 is 0 Å². The van der Waals surface area contributed by atoms with Crippen molar-refractivity contribution in [3.63, 3.8) is 0 Å². The number of hydrogen-bond donors (Lipinski definition) is 0. The lowest BCUT2D eigenvalue weighted by molar-refractivity contribution is 0.488. The largest absolute Gasteiger partial charge is 0.0853 e. The second-order valence-electron chi connectivity index (χ2n) is 2.94.